The molecule has 0 aromatic carbocycles. The van der Waals surface area contributed by atoms with Crippen LogP contribution in [0, 0.1) is 0 Å². The van der Waals surface area contributed by atoms with Crippen molar-refractivity contribution in [2.45, 2.75) is 26.3 Å². The first-order valence-corrected chi connectivity index (χ1v) is 4.59. The minimum absolute atomic E-state index is 0.0249. The van der Waals surface area contributed by atoms with Crippen LogP contribution in [0.1, 0.15) is 20.8 Å². The number of pyridine rings is 1. The van der Waals surface area contributed by atoms with E-state index in [0.29, 0.717) is 0 Å². The van der Waals surface area contributed by atoms with Crippen molar-refractivity contribution in [2.24, 2.45) is 0 Å². The van der Waals surface area contributed by atoms with Gasteiger partial charge in [-0.1, -0.05) is 15.9 Å². The summed E-state index contributed by atoms with van der Waals surface area (Å²) >= 11 is 3.25. The molecular weight excluding hydrogens is 218 g/mol. The standard InChI is InChI=1S/C9H12BrNO/c1-9(2,3)11-5-4-7(10)6-8(11)12/h4-6H,1-3H3. The number of aromatic nitrogens is 1. The Hall–Kier alpha value is -0.570. The summed E-state index contributed by atoms with van der Waals surface area (Å²) in [5.41, 5.74) is -0.116. The smallest absolute Gasteiger partial charge is 0.252 e. The summed E-state index contributed by atoms with van der Waals surface area (Å²) in [5.74, 6) is 0. The van der Waals surface area contributed by atoms with Crippen molar-refractivity contribution < 1.29 is 0 Å². The second-order valence-corrected chi connectivity index (χ2v) is 4.64. The molecular formula is C9H12BrNO. The molecule has 0 unspecified atom stereocenters. The molecule has 1 rings (SSSR count). The van der Waals surface area contributed by atoms with Crippen LogP contribution >= 0.6 is 15.9 Å². The lowest BCUT2D eigenvalue weighted by atomic mass is 10.1. The summed E-state index contributed by atoms with van der Waals surface area (Å²) in [6, 6.07) is 3.44. The number of hydrogen-bond acceptors (Lipinski definition) is 1. The van der Waals surface area contributed by atoms with Gasteiger partial charge in [0.2, 0.25) is 0 Å². The van der Waals surface area contributed by atoms with Gasteiger partial charge in [0.1, 0.15) is 0 Å². The van der Waals surface area contributed by atoms with E-state index in [1.807, 2.05) is 26.8 Å². The topological polar surface area (TPSA) is 22.0 Å². The first-order chi connectivity index (χ1) is 5.41. The molecule has 0 saturated heterocycles. The maximum Gasteiger partial charge on any atom is 0.252 e. The van der Waals surface area contributed by atoms with Crippen LogP contribution in [0.25, 0.3) is 0 Å². The zero-order valence-electron chi connectivity index (χ0n) is 7.47. The van der Waals surface area contributed by atoms with E-state index in [0.717, 1.165) is 4.47 Å². The number of halogens is 1. The number of rotatable bonds is 0. The Balaban J connectivity index is 3.29. The van der Waals surface area contributed by atoms with Gasteiger partial charge < -0.3 is 4.57 Å². The van der Waals surface area contributed by atoms with Gasteiger partial charge in [-0.05, 0) is 26.8 Å². The van der Waals surface area contributed by atoms with Gasteiger partial charge in [0, 0.05) is 22.3 Å². The molecule has 12 heavy (non-hydrogen) atoms. The van der Waals surface area contributed by atoms with Gasteiger partial charge in [0.05, 0.1) is 0 Å². The molecule has 0 N–H and O–H groups in total. The van der Waals surface area contributed by atoms with Crippen LogP contribution in [-0.4, -0.2) is 4.57 Å². The van der Waals surface area contributed by atoms with Crippen LogP contribution in [0.4, 0.5) is 0 Å². The van der Waals surface area contributed by atoms with Gasteiger partial charge >= 0.3 is 0 Å². The molecule has 1 aromatic rings. The van der Waals surface area contributed by atoms with Gasteiger partial charge in [0.15, 0.2) is 0 Å². The molecule has 0 spiro atoms. The summed E-state index contributed by atoms with van der Waals surface area (Å²) in [5, 5.41) is 0. The van der Waals surface area contributed by atoms with Crippen LogP contribution in [0.2, 0.25) is 0 Å². The lowest BCUT2D eigenvalue weighted by Crippen LogP contribution is -2.32. The fourth-order valence-electron chi connectivity index (χ4n) is 1.01. The van der Waals surface area contributed by atoms with Gasteiger partial charge in [-0.2, -0.15) is 0 Å². The highest BCUT2D eigenvalue weighted by Gasteiger charge is 2.13. The molecule has 0 aliphatic rings. The zero-order valence-corrected chi connectivity index (χ0v) is 9.05. The fourth-order valence-corrected chi connectivity index (χ4v) is 1.32. The fraction of sp³-hybridized carbons (Fsp3) is 0.444. The second-order valence-electron chi connectivity index (χ2n) is 3.72. The van der Waals surface area contributed by atoms with E-state index in [2.05, 4.69) is 15.9 Å². The third-order valence-corrected chi connectivity index (χ3v) is 2.10. The molecule has 1 heterocycles. The predicted molar refractivity (Wildman–Crippen MR) is 53.4 cm³/mol. The van der Waals surface area contributed by atoms with E-state index in [-0.39, 0.29) is 11.1 Å². The lowest BCUT2D eigenvalue weighted by molar-refractivity contribution is 0.384. The van der Waals surface area contributed by atoms with Crippen LogP contribution in [0.5, 0.6) is 0 Å². The Labute approximate surface area is 80.3 Å². The van der Waals surface area contributed by atoms with Crippen molar-refractivity contribution in [1.82, 2.24) is 4.57 Å². The van der Waals surface area contributed by atoms with Gasteiger partial charge in [-0.25, -0.2) is 0 Å². The third-order valence-electron chi connectivity index (χ3n) is 1.60. The Morgan fingerprint density at radius 1 is 1.42 bits per heavy atom. The van der Waals surface area contributed by atoms with E-state index in [1.54, 1.807) is 16.8 Å². The highest BCUT2D eigenvalue weighted by molar-refractivity contribution is 9.10. The predicted octanol–water partition coefficient (Wildman–Crippen LogP) is 2.37. The second kappa shape index (κ2) is 3.05. The Morgan fingerprint density at radius 3 is 2.42 bits per heavy atom. The highest BCUT2D eigenvalue weighted by atomic mass is 79.9. The van der Waals surface area contributed by atoms with E-state index in [9.17, 15) is 4.79 Å². The molecule has 0 aliphatic carbocycles. The molecule has 0 bridgehead atoms. The van der Waals surface area contributed by atoms with Crippen molar-refractivity contribution in [3.8, 4) is 0 Å². The largest absolute Gasteiger partial charge is 0.310 e. The summed E-state index contributed by atoms with van der Waals surface area (Å²) in [6.45, 7) is 6.01. The molecule has 0 amide bonds. The molecule has 0 radical (unpaired) electrons. The average molecular weight is 230 g/mol. The highest BCUT2D eigenvalue weighted by Crippen LogP contribution is 2.12. The lowest BCUT2D eigenvalue weighted by Gasteiger charge is -2.21. The van der Waals surface area contributed by atoms with Crippen molar-refractivity contribution in [3.05, 3.63) is 33.2 Å². The van der Waals surface area contributed by atoms with Gasteiger partial charge in [-0.15, -0.1) is 0 Å². The average Bonchev–Trinajstić information content (AvgIpc) is 1.83. The molecule has 0 aliphatic heterocycles. The Bertz CT molecular complexity index is 335. The monoisotopic (exact) mass is 229 g/mol. The molecule has 3 heteroatoms. The molecule has 66 valence electrons. The summed E-state index contributed by atoms with van der Waals surface area (Å²) < 4.78 is 2.53. The Kier molecular flexibility index (Phi) is 2.42. The Morgan fingerprint density at radius 2 is 2.00 bits per heavy atom. The third kappa shape index (κ3) is 1.97. The van der Waals surface area contributed by atoms with E-state index >= 15 is 0 Å². The SMILES string of the molecule is CC(C)(C)n1ccc(Br)cc1=O. The minimum atomic E-state index is -0.141. The van der Waals surface area contributed by atoms with Crippen LogP contribution in [-0.2, 0) is 5.54 Å². The van der Waals surface area contributed by atoms with E-state index in [1.165, 1.54) is 0 Å². The van der Waals surface area contributed by atoms with Crippen molar-refractivity contribution in [3.63, 3.8) is 0 Å². The van der Waals surface area contributed by atoms with Crippen LogP contribution in [0.15, 0.2) is 27.6 Å². The van der Waals surface area contributed by atoms with Gasteiger partial charge in [-0.3, -0.25) is 4.79 Å². The molecule has 0 fully saturated rings. The van der Waals surface area contributed by atoms with E-state index in [4.69, 9.17) is 0 Å². The first kappa shape index (κ1) is 9.52. The van der Waals surface area contributed by atoms with Crippen LogP contribution < -0.4 is 5.56 Å². The molecule has 1 aromatic heterocycles. The van der Waals surface area contributed by atoms with Crippen LogP contribution in [0.3, 0.4) is 0 Å². The minimum Gasteiger partial charge on any atom is -0.310 e. The number of hydrogen-bond donors (Lipinski definition) is 0. The summed E-state index contributed by atoms with van der Waals surface area (Å²) in [6.07, 6.45) is 1.80. The van der Waals surface area contributed by atoms with Crippen molar-refractivity contribution in [1.29, 1.82) is 0 Å². The van der Waals surface area contributed by atoms with E-state index < -0.39 is 0 Å². The zero-order chi connectivity index (χ0) is 9.35. The van der Waals surface area contributed by atoms with Crippen molar-refractivity contribution >= 4 is 15.9 Å². The summed E-state index contributed by atoms with van der Waals surface area (Å²) in [4.78, 5) is 11.4. The quantitative estimate of drug-likeness (QED) is 0.670. The van der Waals surface area contributed by atoms with Gasteiger partial charge in [0.25, 0.3) is 5.56 Å². The normalized spacial score (nSPS) is 11.7. The molecule has 0 atom stereocenters. The maximum atomic E-state index is 11.4. The molecule has 2 nitrogen and oxygen atoms in total. The number of nitrogens with zero attached hydrogens (tertiary/aromatic N) is 1. The molecule has 0 saturated carbocycles. The first-order valence-electron chi connectivity index (χ1n) is 3.80. The maximum absolute atomic E-state index is 11.4. The van der Waals surface area contributed by atoms with Crippen molar-refractivity contribution in [2.75, 3.05) is 0 Å². The summed E-state index contributed by atoms with van der Waals surface area (Å²) in [7, 11) is 0.